The Kier molecular flexibility index (Phi) is 6.60. The lowest BCUT2D eigenvalue weighted by molar-refractivity contribution is -0.154. The molecule has 0 radical (unpaired) electrons. The number of nitrogens with zero attached hydrogens (tertiary/aromatic N) is 2. The molecule has 0 aromatic carbocycles. The number of hydrogen-bond donors (Lipinski definition) is 0. The summed E-state index contributed by atoms with van der Waals surface area (Å²) in [6.07, 6.45) is 12.8. The molecule has 0 aromatic heterocycles. The lowest BCUT2D eigenvalue weighted by Crippen LogP contribution is -2.67. The second-order valence-corrected chi connectivity index (χ2v) is 11.0. The maximum Gasteiger partial charge on any atom is 0.239 e. The molecule has 1 heterocycles. The monoisotopic (exact) mass is 376 g/mol. The highest BCUT2D eigenvalue weighted by molar-refractivity contribution is 5.82. The van der Waals surface area contributed by atoms with Crippen LogP contribution in [0.5, 0.6) is 0 Å². The lowest BCUT2D eigenvalue weighted by Gasteiger charge is -2.58. The van der Waals surface area contributed by atoms with Gasteiger partial charge in [-0.2, -0.15) is 0 Å². The van der Waals surface area contributed by atoms with Crippen molar-refractivity contribution < 1.29 is 4.79 Å². The van der Waals surface area contributed by atoms with Crippen molar-refractivity contribution in [1.82, 2.24) is 9.80 Å². The Bertz CT molecular complexity index is 503. The van der Waals surface area contributed by atoms with Gasteiger partial charge in [0.25, 0.3) is 0 Å². The molecule has 1 saturated heterocycles. The summed E-state index contributed by atoms with van der Waals surface area (Å²) in [6, 6.07) is 1.08. The van der Waals surface area contributed by atoms with Crippen LogP contribution in [0.4, 0.5) is 0 Å². The van der Waals surface area contributed by atoms with Crippen LogP contribution in [0, 0.1) is 17.8 Å². The number of fused-ring (bicyclic) bond motifs is 1. The van der Waals surface area contributed by atoms with Crippen molar-refractivity contribution in [2.75, 3.05) is 7.05 Å². The Labute approximate surface area is 168 Å². The van der Waals surface area contributed by atoms with Crippen LogP contribution in [-0.2, 0) is 4.79 Å². The predicted molar refractivity (Wildman–Crippen MR) is 114 cm³/mol. The van der Waals surface area contributed by atoms with Gasteiger partial charge in [-0.05, 0) is 64.2 Å². The topological polar surface area (TPSA) is 23.6 Å². The molecule has 27 heavy (non-hydrogen) atoms. The average molecular weight is 377 g/mol. The maximum atomic E-state index is 13.8. The van der Waals surface area contributed by atoms with Crippen LogP contribution in [0.15, 0.2) is 0 Å². The fourth-order valence-corrected chi connectivity index (χ4v) is 6.63. The molecule has 156 valence electrons. The molecule has 3 aliphatic rings. The molecule has 0 spiro atoms. The zero-order valence-electron chi connectivity index (χ0n) is 18.8. The van der Waals surface area contributed by atoms with Crippen molar-refractivity contribution in [3.05, 3.63) is 0 Å². The lowest BCUT2D eigenvalue weighted by atomic mass is 9.65. The SMILES string of the molecule is CC(C)C1C2CCCCC2CC(C(=O)N(C)C2CCCCC2)N1C(C)(C)C. The van der Waals surface area contributed by atoms with E-state index in [1.54, 1.807) is 0 Å². The minimum Gasteiger partial charge on any atom is -0.341 e. The van der Waals surface area contributed by atoms with E-state index < -0.39 is 0 Å². The molecule has 3 heteroatoms. The number of piperidine rings is 1. The minimum absolute atomic E-state index is 0.0328. The quantitative estimate of drug-likeness (QED) is 0.651. The number of carbonyl (C=O) groups excluding carboxylic acids is 1. The number of hydrogen-bond acceptors (Lipinski definition) is 2. The van der Waals surface area contributed by atoms with Gasteiger partial charge in [0.05, 0.1) is 6.04 Å². The first kappa shape index (κ1) is 21.1. The molecule has 2 aliphatic carbocycles. The van der Waals surface area contributed by atoms with Crippen molar-refractivity contribution in [3.8, 4) is 0 Å². The minimum atomic E-state index is 0.0328. The second kappa shape index (κ2) is 8.43. The van der Waals surface area contributed by atoms with Crippen molar-refractivity contribution in [2.24, 2.45) is 17.8 Å². The van der Waals surface area contributed by atoms with Crippen LogP contribution >= 0.6 is 0 Å². The first-order valence-electron chi connectivity index (χ1n) is 11.8. The summed E-state index contributed by atoms with van der Waals surface area (Å²) in [7, 11) is 2.09. The average Bonchev–Trinajstić information content (AvgIpc) is 2.65. The van der Waals surface area contributed by atoms with Crippen molar-refractivity contribution >= 4 is 5.91 Å². The zero-order chi connectivity index (χ0) is 19.8. The molecule has 0 N–H and O–H groups in total. The highest BCUT2D eigenvalue weighted by Gasteiger charge is 2.51. The standard InChI is InChI=1S/C24H44N2O/c1-17(2)22-20-15-11-10-12-18(20)16-21(26(22)24(3,4)5)23(27)25(6)19-13-8-7-9-14-19/h17-22H,7-16H2,1-6H3. The van der Waals surface area contributed by atoms with E-state index in [1.807, 2.05) is 0 Å². The van der Waals surface area contributed by atoms with Crippen LogP contribution in [0.25, 0.3) is 0 Å². The summed E-state index contributed by atoms with van der Waals surface area (Å²) in [5.41, 5.74) is 0.0328. The molecule has 0 bridgehead atoms. The van der Waals surface area contributed by atoms with Crippen LogP contribution in [0.2, 0.25) is 0 Å². The number of likely N-dealkylation sites (tertiary alicyclic amines) is 1. The largest absolute Gasteiger partial charge is 0.341 e. The number of rotatable bonds is 3. The van der Waals surface area contributed by atoms with Gasteiger partial charge >= 0.3 is 0 Å². The molecule has 0 aromatic rings. The van der Waals surface area contributed by atoms with Crippen LogP contribution in [0.3, 0.4) is 0 Å². The van der Waals surface area contributed by atoms with E-state index in [0.717, 1.165) is 18.3 Å². The number of carbonyl (C=O) groups is 1. The highest BCUT2D eigenvalue weighted by atomic mass is 16.2. The molecule has 2 saturated carbocycles. The third kappa shape index (κ3) is 4.38. The third-order valence-corrected chi connectivity index (χ3v) is 7.80. The zero-order valence-corrected chi connectivity index (χ0v) is 18.8. The second-order valence-electron chi connectivity index (χ2n) is 11.0. The van der Waals surface area contributed by atoms with Crippen LogP contribution in [0.1, 0.15) is 98.8 Å². The van der Waals surface area contributed by atoms with E-state index in [4.69, 9.17) is 0 Å². The predicted octanol–water partition coefficient (Wildman–Crippen LogP) is 5.48. The van der Waals surface area contributed by atoms with Gasteiger partial charge in [-0.3, -0.25) is 9.69 Å². The Balaban J connectivity index is 1.89. The number of amides is 1. The fourth-order valence-electron chi connectivity index (χ4n) is 6.63. The summed E-state index contributed by atoms with van der Waals surface area (Å²) >= 11 is 0. The highest BCUT2D eigenvalue weighted by Crippen LogP contribution is 2.47. The van der Waals surface area contributed by atoms with Gasteiger partial charge in [0.15, 0.2) is 0 Å². The van der Waals surface area contributed by atoms with Crippen LogP contribution in [-0.4, -0.2) is 46.4 Å². The third-order valence-electron chi connectivity index (χ3n) is 7.80. The van der Waals surface area contributed by atoms with E-state index >= 15 is 0 Å². The van der Waals surface area contributed by atoms with Gasteiger partial charge in [-0.25, -0.2) is 0 Å². The summed E-state index contributed by atoms with van der Waals surface area (Å²) in [5.74, 6) is 2.54. The molecular weight excluding hydrogens is 332 g/mol. The molecule has 3 rings (SSSR count). The molecule has 3 nitrogen and oxygen atoms in total. The summed E-state index contributed by atoms with van der Waals surface area (Å²) in [6.45, 7) is 11.7. The maximum absolute atomic E-state index is 13.8. The Morgan fingerprint density at radius 3 is 2.15 bits per heavy atom. The Morgan fingerprint density at radius 2 is 1.56 bits per heavy atom. The Hall–Kier alpha value is -0.570. The van der Waals surface area contributed by atoms with E-state index in [9.17, 15) is 4.79 Å². The van der Waals surface area contributed by atoms with Gasteiger partial charge in [0.2, 0.25) is 5.91 Å². The summed E-state index contributed by atoms with van der Waals surface area (Å²) < 4.78 is 0. The fraction of sp³-hybridized carbons (Fsp3) is 0.958. The normalized spacial score (nSPS) is 33.7. The summed E-state index contributed by atoms with van der Waals surface area (Å²) in [4.78, 5) is 18.6. The first-order valence-corrected chi connectivity index (χ1v) is 11.8. The molecule has 3 fully saturated rings. The Morgan fingerprint density at radius 1 is 0.963 bits per heavy atom. The first-order chi connectivity index (χ1) is 12.7. The summed E-state index contributed by atoms with van der Waals surface area (Å²) in [5, 5.41) is 0. The molecular formula is C24H44N2O. The smallest absolute Gasteiger partial charge is 0.239 e. The molecule has 1 amide bonds. The van der Waals surface area contributed by atoms with Crippen LogP contribution < -0.4 is 0 Å². The van der Waals surface area contributed by atoms with Gasteiger partial charge in [0.1, 0.15) is 0 Å². The van der Waals surface area contributed by atoms with Gasteiger partial charge < -0.3 is 4.90 Å². The van der Waals surface area contributed by atoms with Crippen molar-refractivity contribution in [3.63, 3.8) is 0 Å². The van der Waals surface area contributed by atoms with Gasteiger partial charge in [-0.1, -0.05) is 52.4 Å². The van der Waals surface area contributed by atoms with Gasteiger partial charge in [0, 0.05) is 24.7 Å². The number of likely N-dealkylation sites (N-methyl/N-ethyl adjacent to an activating group) is 1. The van der Waals surface area contributed by atoms with E-state index in [-0.39, 0.29) is 11.6 Å². The molecule has 1 aliphatic heterocycles. The van der Waals surface area contributed by atoms with E-state index in [2.05, 4.69) is 51.5 Å². The van der Waals surface area contributed by atoms with E-state index in [0.29, 0.717) is 23.9 Å². The van der Waals surface area contributed by atoms with Gasteiger partial charge in [-0.15, -0.1) is 0 Å². The van der Waals surface area contributed by atoms with Crippen molar-refractivity contribution in [1.29, 1.82) is 0 Å². The molecule has 4 unspecified atom stereocenters. The molecule has 4 atom stereocenters. The van der Waals surface area contributed by atoms with E-state index in [1.165, 1.54) is 57.8 Å². The van der Waals surface area contributed by atoms with Crippen molar-refractivity contribution in [2.45, 2.75) is 122 Å².